The molecule has 0 saturated carbocycles. The Morgan fingerprint density at radius 3 is 2.76 bits per heavy atom. The highest BCUT2D eigenvalue weighted by molar-refractivity contribution is 5.79. The predicted octanol–water partition coefficient (Wildman–Crippen LogP) is 2.38. The monoisotopic (exact) mass is 325 g/mol. The predicted molar refractivity (Wildman–Crippen MR) is 92.3 cm³/mol. The Morgan fingerprint density at radius 2 is 1.84 bits per heavy atom. The van der Waals surface area contributed by atoms with Crippen molar-refractivity contribution in [3.63, 3.8) is 0 Å². The number of hydrogen-bond acceptors (Lipinski definition) is 3. The molecule has 0 saturated heterocycles. The Bertz CT molecular complexity index is 1270. The van der Waals surface area contributed by atoms with Gasteiger partial charge in [-0.15, -0.1) is 0 Å². The quantitative estimate of drug-likeness (QED) is 0.436. The fourth-order valence-electron chi connectivity index (χ4n) is 3.76. The lowest BCUT2D eigenvalue weighted by Gasteiger charge is -2.04. The van der Waals surface area contributed by atoms with Crippen LogP contribution in [-0.2, 0) is 6.54 Å². The van der Waals surface area contributed by atoms with E-state index in [1.54, 1.807) is 12.4 Å². The first kappa shape index (κ1) is 12.8. The average molecular weight is 325 g/mol. The second-order valence-electron chi connectivity index (χ2n) is 6.18. The largest absolute Gasteiger partial charge is 0.324 e. The van der Waals surface area contributed by atoms with Crippen LogP contribution in [0.3, 0.4) is 0 Å². The van der Waals surface area contributed by atoms with Gasteiger partial charge in [-0.25, -0.2) is 9.13 Å². The van der Waals surface area contributed by atoms with Crippen LogP contribution < -0.4 is 4.57 Å². The molecule has 0 radical (unpaired) electrons. The first-order chi connectivity index (χ1) is 12.4. The Hall–Kier alpha value is -3.54. The minimum atomic E-state index is 0.806. The van der Waals surface area contributed by atoms with Crippen molar-refractivity contribution in [1.82, 2.24) is 23.9 Å². The first-order valence-corrected chi connectivity index (χ1v) is 8.17. The van der Waals surface area contributed by atoms with Crippen molar-refractivity contribution in [3.05, 3.63) is 72.9 Å². The van der Waals surface area contributed by atoms with Crippen LogP contribution >= 0.6 is 0 Å². The minimum Gasteiger partial charge on any atom is -0.264 e. The lowest BCUT2D eigenvalue weighted by Crippen LogP contribution is -2.31. The number of hydrogen-bond donors (Lipinski definition) is 0. The van der Waals surface area contributed by atoms with E-state index in [4.69, 9.17) is 4.98 Å². The number of aromatic nitrogens is 6. The Balaban J connectivity index is 1.84. The maximum absolute atomic E-state index is 4.84. The third kappa shape index (κ3) is 1.58. The third-order valence-corrected chi connectivity index (χ3v) is 4.82. The molecule has 6 nitrogen and oxygen atoms in total. The molecule has 1 aromatic carbocycles. The number of para-hydroxylation sites is 1. The molecule has 0 bridgehead atoms. The molecular weight excluding hydrogens is 312 g/mol. The molecule has 1 aliphatic rings. The first-order valence-electron chi connectivity index (χ1n) is 8.17. The van der Waals surface area contributed by atoms with Crippen LogP contribution in [0.4, 0.5) is 0 Å². The maximum Gasteiger partial charge on any atom is 0.324 e. The molecule has 0 aliphatic carbocycles. The van der Waals surface area contributed by atoms with E-state index >= 15 is 0 Å². The van der Waals surface area contributed by atoms with Crippen LogP contribution in [0.2, 0.25) is 0 Å². The number of pyridine rings is 1. The zero-order valence-corrected chi connectivity index (χ0v) is 13.2. The summed E-state index contributed by atoms with van der Waals surface area (Å²) < 4.78 is 6.63. The molecule has 0 unspecified atom stereocenters. The highest BCUT2D eigenvalue weighted by atomic mass is 15.3. The van der Waals surface area contributed by atoms with E-state index in [1.807, 2.05) is 24.7 Å². The van der Waals surface area contributed by atoms with Crippen molar-refractivity contribution in [3.8, 4) is 17.1 Å². The molecule has 25 heavy (non-hydrogen) atoms. The van der Waals surface area contributed by atoms with Crippen LogP contribution in [0.15, 0.2) is 67.4 Å². The van der Waals surface area contributed by atoms with Gasteiger partial charge in [-0.05, 0) is 18.2 Å². The fourth-order valence-corrected chi connectivity index (χ4v) is 3.76. The van der Waals surface area contributed by atoms with Gasteiger partial charge in [0, 0.05) is 30.4 Å². The van der Waals surface area contributed by atoms with Crippen molar-refractivity contribution in [2.45, 2.75) is 6.54 Å². The molecule has 1 aliphatic heterocycles. The number of imidazole rings is 2. The summed E-state index contributed by atoms with van der Waals surface area (Å²) in [7, 11) is 0. The SMILES string of the molecule is c1ccc(-n2c3[n+](c4nc5cnccn5c42)Cc2ccncc2-3)cc1. The van der Waals surface area contributed by atoms with Crippen LogP contribution in [0.25, 0.3) is 34.0 Å². The molecule has 6 rings (SSSR count). The number of benzene rings is 1. The van der Waals surface area contributed by atoms with E-state index in [1.165, 1.54) is 5.56 Å². The van der Waals surface area contributed by atoms with Gasteiger partial charge in [0.1, 0.15) is 5.69 Å². The van der Waals surface area contributed by atoms with E-state index in [9.17, 15) is 0 Å². The van der Waals surface area contributed by atoms with Gasteiger partial charge in [-0.3, -0.25) is 14.4 Å². The standard InChI is InChI=1S/C19H13N6/c1-2-4-14(5-3-1)25-18-15-10-20-7-6-13(15)12-24(18)17-19(25)23-9-8-21-11-16(23)22-17/h1-11H,12H2/q+1. The molecule has 5 heterocycles. The molecule has 0 spiro atoms. The maximum atomic E-state index is 4.84. The van der Waals surface area contributed by atoms with Crippen LogP contribution in [0.1, 0.15) is 5.56 Å². The molecule has 0 N–H and O–H groups in total. The van der Waals surface area contributed by atoms with E-state index in [-0.39, 0.29) is 0 Å². The van der Waals surface area contributed by atoms with Gasteiger partial charge >= 0.3 is 5.65 Å². The minimum absolute atomic E-state index is 0.806. The van der Waals surface area contributed by atoms with E-state index < -0.39 is 0 Å². The zero-order valence-electron chi connectivity index (χ0n) is 13.2. The fraction of sp³-hybridized carbons (Fsp3) is 0.0526. The van der Waals surface area contributed by atoms with Crippen molar-refractivity contribution in [1.29, 1.82) is 0 Å². The van der Waals surface area contributed by atoms with Crippen molar-refractivity contribution in [2.24, 2.45) is 0 Å². The van der Waals surface area contributed by atoms with Crippen LogP contribution in [0, 0.1) is 0 Å². The van der Waals surface area contributed by atoms with Gasteiger partial charge < -0.3 is 0 Å². The van der Waals surface area contributed by atoms with Crippen molar-refractivity contribution in [2.75, 3.05) is 0 Å². The second-order valence-corrected chi connectivity index (χ2v) is 6.18. The topological polar surface area (TPSA) is 51.9 Å². The van der Waals surface area contributed by atoms with Gasteiger partial charge in [0.05, 0.1) is 18.3 Å². The Morgan fingerprint density at radius 1 is 0.960 bits per heavy atom. The van der Waals surface area contributed by atoms with Crippen LogP contribution in [-0.4, -0.2) is 23.9 Å². The lowest BCUT2D eigenvalue weighted by atomic mass is 10.2. The molecule has 0 fully saturated rings. The highest BCUT2D eigenvalue weighted by Gasteiger charge is 2.36. The van der Waals surface area contributed by atoms with E-state index in [2.05, 4.69) is 53.8 Å². The third-order valence-electron chi connectivity index (χ3n) is 4.82. The van der Waals surface area contributed by atoms with Crippen molar-refractivity contribution >= 4 is 16.9 Å². The molecule has 0 amide bonds. The Kier molecular flexibility index (Phi) is 2.31. The smallest absolute Gasteiger partial charge is 0.264 e. The number of fused-ring (bicyclic) bond motifs is 7. The van der Waals surface area contributed by atoms with Crippen LogP contribution in [0.5, 0.6) is 0 Å². The summed E-state index contributed by atoms with van der Waals surface area (Å²) in [5.74, 6) is 1.12. The zero-order chi connectivity index (χ0) is 16.4. The van der Waals surface area contributed by atoms with Gasteiger partial charge in [-0.2, -0.15) is 0 Å². The normalized spacial score (nSPS) is 12.6. The average Bonchev–Trinajstić information content (AvgIpc) is 3.30. The summed E-state index contributed by atoms with van der Waals surface area (Å²) >= 11 is 0. The number of nitrogens with zero attached hydrogens (tertiary/aromatic N) is 6. The molecular formula is C19H13N6+. The molecule has 118 valence electrons. The van der Waals surface area contributed by atoms with Crippen molar-refractivity contribution < 1.29 is 4.57 Å². The number of rotatable bonds is 1. The Labute approximate surface area is 142 Å². The summed E-state index contributed by atoms with van der Waals surface area (Å²) in [6.45, 7) is 0.806. The molecule has 0 atom stereocenters. The lowest BCUT2D eigenvalue weighted by molar-refractivity contribution is -0.647. The molecule has 6 heteroatoms. The summed E-state index contributed by atoms with van der Waals surface area (Å²) in [5, 5.41) is 0. The molecule has 5 aromatic rings. The summed E-state index contributed by atoms with van der Waals surface area (Å²) in [6.07, 6.45) is 9.35. The highest BCUT2D eigenvalue weighted by Crippen LogP contribution is 2.33. The second kappa shape index (κ2) is 4.51. The van der Waals surface area contributed by atoms with E-state index in [0.717, 1.165) is 40.6 Å². The van der Waals surface area contributed by atoms with Gasteiger partial charge in [0.25, 0.3) is 5.65 Å². The van der Waals surface area contributed by atoms with Gasteiger partial charge in [0.15, 0.2) is 0 Å². The summed E-state index contributed by atoms with van der Waals surface area (Å²) in [6, 6.07) is 12.5. The summed E-state index contributed by atoms with van der Waals surface area (Å²) in [4.78, 5) is 13.4. The van der Waals surface area contributed by atoms with Gasteiger partial charge in [-0.1, -0.05) is 23.2 Å². The molecule has 4 aromatic heterocycles. The van der Waals surface area contributed by atoms with Gasteiger partial charge in [0.2, 0.25) is 11.5 Å². The van der Waals surface area contributed by atoms with E-state index in [0.29, 0.717) is 0 Å². The summed E-state index contributed by atoms with van der Waals surface area (Å²) in [5.41, 5.74) is 6.40.